The van der Waals surface area contributed by atoms with Crippen molar-refractivity contribution in [1.82, 2.24) is 5.32 Å². The van der Waals surface area contributed by atoms with Crippen LogP contribution in [0.25, 0.3) is 0 Å². The van der Waals surface area contributed by atoms with Crippen LogP contribution in [-0.4, -0.2) is 39.0 Å². The topological polar surface area (TPSA) is 50.7 Å². The standard InChI is InChI=1S/C13H21NO3/c1-13(15,10-14-8-9-16-2)11-6-4-5-7-12(11)17-3/h4-7,14-15H,8-10H2,1-3H3. The minimum Gasteiger partial charge on any atom is -0.496 e. The van der Waals surface area contributed by atoms with Crippen molar-refractivity contribution in [2.24, 2.45) is 0 Å². The van der Waals surface area contributed by atoms with E-state index in [4.69, 9.17) is 9.47 Å². The van der Waals surface area contributed by atoms with Crippen LogP contribution >= 0.6 is 0 Å². The second-order valence-electron chi connectivity index (χ2n) is 4.14. The summed E-state index contributed by atoms with van der Waals surface area (Å²) >= 11 is 0. The Morgan fingerprint density at radius 2 is 2.00 bits per heavy atom. The van der Waals surface area contributed by atoms with Gasteiger partial charge in [0.05, 0.1) is 13.7 Å². The monoisotopic (exact) mass is 239 g/mol. The van der Waals surface area contributed by atoms with E-state index in [9.17, 15) is 5.11 Å². The molecule has 1 atom stereocenters. The molecule has 4 heteroatoms. The molecular weight excluding hydrogens is 218 g/mol. The van der Waals surface area contributed by atoms with Crippen LogP contribution in [0, 0.1) is 0 Å². The summed E-state index contributed by atoms with van der Waals surface area (Å²) in [5, 5.41) is 13.6. The summed E-state index contributed by atoms with van der Waals surface area (Å²) in [6, 6.07) is 7.49. The van der Waals surface area contributed by atoms with Gasteiger partial charge < -0.3 is 19.9 Å². The molecule has 0 bridgehead atoms. The van der Waals surface area contributed by atoms with E-state index in [0.717, 1.165) is 5.56 Å². The molecule has 0 aliphatic carbocycles. The van der Waals surface area contributed by atoms with Gasteiger partial charge in [0.25, 0.3) is 0 Å². The van der Waals surface area contributed by atoms with Gasteiger partial charge >= 0.3 is 0 Å². The highest BCUT2D eigenvalue weighted by Gasteiger charge is 2.25. The van der Waals surface area contributed by atoms with E-state index >= 15 is 0 Å². The molecule has 0 aromatic heterocycles. The van der Waals surface area contributed by atoms with E-state index in [-0.39, 0.29) is 0 Å². The van der Waals surface area contributed by atoms with E-state index in [0.29, 0.717) is 25.4 Å². The predicted octanol–water partition coefficient (Wildman–Crippen LogP) is 1.14. The zero-order valence-electron chi connectivity index (χ0n) is 10.7. The van der Waals surface area contributed by atoms with Gasteiger partial charge in [-0.1, -0.05) is 18.2 Å². The molecule has 17 heavy (non-hydrogen) atoms. The number of para-hydroxylation sites is 1. The van der Waals surface area contributed by atoms with Gasteiger partial charge in [-0.05, 0) is 13.0 Å². The van der Waals surface area contributed by atoms with Crippen molar-refractivity contribution in [2.75, 3.05) is 33.9 Å². The maximum Gasteiger partial charge on any atom is 0.124 e. The molecule has 2 N–H and O–H groups in total. The first-order valence-electron chi connectivity index (χ1n) is 5.67. The third-order valence-electron chi connectivity index (χ3n) is 2.64. The lowest BCUT2D eigenvalue weighted by Gasteiger charge is -2.26. The Labute approximate surface area is 103 Å². The first-order chi connectivity index (χ1) is 8.11. The normalized spacial score (nSPS) is 14.4. The Bertz CT molecular complexity index is 339. The van der Waals surface area contributed by atoms with Gasteiger partial charge in [0.1, 0.15) is 11.4 Å². The molecule has 0 radical (unpaired) electrons. The minimum atomic E-state index is -0.958. The van der Waals surface area contributed by atoms with Crippen LogP contribution in [0.4, 0.5) is 0 Å². The zero-order valence-corrected chi connectivity index (χ0v) is 10.7. The molecule has 0 amide bonds. The van der Waals surface area contributed by atoms with Gasteiger partial charge in [0.2, 0.25) is 0 Å². The Morgan fingerprint density at radius 1 is 1.29 bits per heavy atom. The molecule has 0 aliphatic rings. The minimum absolute atomic E-state index is 0.455. The summed E-state index contributed by atoms with van der Waals surface area (Å²) in [5.41, 5.74) is -0.173. The van der Waals surface area contributed by atoms with Crippen molar-refractivity contribution in [2.45, 2.75) is 12.5 Å². The van der Waals surface area contributed by atoms with Crippen LogP contribution in [-0.2, 0) is 10.3 Å². The van der Waals surface area contributed by atoms with Gasteiger partial charge in [-0.2, -0.15) is 0 Å². The third kappa shape index (κ3) is 4.00. The summed E-state index contributed by atoms with van der Waals surface area (Å²) in [5.74, 6) is 0.700. The zero-order chi connectivity index (χ0) is 12.7. The van der Waals surface area contributed by atoms with E-state index in [1.165, 1.54) is 0 Å². The van der Waals surface area contributed by atoms with Crippen molar-refractivity contribution in [3.8, 4) is 5.75 Å². The number of aliphatic hydroxyl groups is 1. The Morgan fingerprint density at radius 3 is 2.65 bits per heavy atom. The second-order valence-corrected chi connectivity index (χ2v) is 4.14. The largest absolute Gasteiger partial charge is 0.496 e. The van der Waals surface area contributed by atoms with E-state index < -0.39 is 5.60 Å². The number of hydrogen-bond acceptors (Lipinski definition) is 4. The lowest BCUT2D eigenvalue weighted by Crippen LogP contribution is -2.37. The number of hydrogen-bond donors (Lipinski definition) is 2. The van der Waals surface area contributed by atoms with Gasteiger partial charge in [-0.15, -0.1) is 0 Å². The van der Waals surface area contributed by atoms with Crippen molar-refractivity contribution in [3.63, 3.8) is 0 Å². The lowest BCUT2D eigenvalue weighted by atomic mass is 9.95. The summed E-state index contributed by atoms with van der Waals surface area (Å²) in [7, 11) is 3.26. The predicted molar refractivity (Wildman–Crippen MR) is 67.3 cm³/mol. The molecule has 1 aromatic carbocycles. The SMILES string of the molecule is COCCNCC(C)(O)c1ccccc1OC. The molecule has 0 saturated carbocycles. The van der Waals surface area contributed by atoms with Crippen LogP contribution < -0.4 is 10.1 Å². The van der Waals surface area contributed by atoms with Crippen LogP contribution in [0.15, 0.2) is 24.3 Å². The molecule has 1 unspecified atom stereocenters. The van der Waals surface area contributed by atoms with Crippen molar-refractivity contribution in [1.29, 1.82) is 0 Å². The number of ether oxygens (including phenoxy) is 2. The number of nitrogens with one attached hydrogen (secondary N) is 1. The Kier molecular flexibility index (Phi) is 5.41. The van der Waals surface area contributed by atoms with Crippen LogP contribution in [0.3, 0.4) is 0 Å². The van der Waals surface area contributed by atoms with Crippen LogP contribution in [0.1, 0.15) is 12.5 Å². The summed E-state index contributed by atoms with van der Waals surface area (Å²) in [6.45, 7) is 3.56. The maximum atomic E-state index is 10.4. The lowest BCUT2D eigenvalue weighted by molar-refractivity contribution is 0.0525. The molecule has 0 saturated heterocycles. The summed E-state index contributed by atoms with van der Waals surface area (Å²) < 4.78 is 10.2. The van der Waals surface area contributed by atoms with E-state index in [1.54, 1.807) is 21.1 Å². The highest BCUT2D eigenvalue weighted by Crippen LogP contribution is 2.28. The summed E-state index contributed by atoms with van der Waals surface area (Å²) in [4.78, 5) is 0. The first-order valence-corrected chi connectivity index (χ1v) is 5.67. The van der Waals surface area contributed by atoms with Crippen molar-refractivity contribution >= 4 is 0 Å². The Balaban J connectivity index is 2.67. The average molecular weight is 239 g/mol. The molecule has 0 fully saturated rings. The fourth-order valence-corrected chi connectivity index (χ4v) is 1.69. The molecule has 96 valence electrons. The molecule has 4 nitrogen and oxygen atoms in total. The Hall–Kier alpha value is -1.10. The van der Waals surface area contributed by atoms with Gasteiger partial charge in [0.15, 0.2) is 0 Å². The molecule has 1 aromatic rings. The van der Waals surface area contributed by atoms with Gasteiger partial charge in [0, 0.05) is 25.8 Å². The number of benzene rings is 1. The number of rotatable bonds is 7. The molecule has 0 aliphatic heterocycles. The first kappa shape index (κ1) is 14.0. The highest BCUT2D eigenvalue weighted by molar-refractivity contribution is 5.37. The molecular formula is C13H21NO3. The fourth-order valence-electron chi connectivity index (χ4n) is 1.69. The van der Waals surface area contributed by atoms with E-state index in [1.807, 2.05) is 24.3 Å². The maximum absolute atomic E-state index is 10.4. The fraction of sp³-hybridized carbons (Fsp3) is 0.538. The quantitative estimate of drug-likeness (QED) is 0.701. The third-order valence-corrected chi connectivity index (χ3v) is 2.64. The second kappa shape index (κ2) is 6.59. The van der Waals surface area contributed by atoms with E-state index in [2.05, 4.69) is 5.32 Å². The average Bonchev–Trinajstić information content (AvgIpc) is 2.34. The molecule has 1 rings (SSSR count). The van der Waals surface area contributed by atoms with Gasteiger partial charge in [-0.3, -0.25) is 0 Å². The molecule has 0 heterocycles. The molecule has 0 spiro atoms. The summed E-state index contributed by atoms with van der Waals surface area (Å²) in [6.07, 6.45) is 0. The highest BCUT2D eigenvalue weighted by atomic mass is 16.5. The van der Waals surface area contributed by atoms with Crippen molar-refractivity contribution < 1.29 is 14.6 Å². The van der Waals surface area contributed by atoms with Crippen LogP contribution in [0.5, 0.6) is 5.75 Å². The van der Waals surface area contributed by atoms with Gasteiger partial charge in [-0.25, -0.2) is 0 Å². The van der Waals surface area contributed by atoms with Crippen LogP contribution in [0.2, 0.25) is 0 Å². The smallest absolute Gasteiger partial charge is 0.124 e. The number of methoxy groups -OCH3 is 2. The van der Waals surface area contributed by atoms with Crippen molar-refractivity contribution in [3.05, 3.63) is 29.8 Å².